The van der Waals surface area contributed by atoms with Gasteiger partial charge in [0.25, 0.3) is 0 Å². The fraction of sp³-hybridized carbons (Fsp3) is 0.929. The van der Waals surface area contributed by atoms with Crippen molar-refractivity contribution in [2.24, 2.45) is 11.3 Å². The second-order valence-electron chi connectivity index (χ2n) is 5.97. The van der Waals surface area contributed by atoms with Crippen molar-refractivity contribution in [1.82, 2.24) is 5.32 Å². The van der Waals surface area contributed by atoms with Gasteiger partial charge in [-0.2, -0.15) is 0 Å². The van der Waals surface area contributed by atoms with Gasteiger partial charge in [-0.25, -0.2) is 0 Å². The lowest BCUT2D eigenvalue weighted by molar-refractivity contribution is -0.122. The quantitative estimate of drug-likeness (QED) is 0.751. The lowest BCUT2D eigenvalue weighted by Gasteiger charge is -2.26. The summed E-state index contributed by atoms with van der Waals surface area (Å²) >= 11 is 6.07. The summed E-state index contributed by atoms with van der Waals surface area (Å²) < 4.78 is 0. The molecule has 2 rings (SSSR count). The Kier molecular flexibility index (Phi) is 4.72. The fourth-order valence-electron chi connectivity index (χ4n) is 3.32. The van der Waals surface area contributed by atoms with Crippen LogP contribution in [0.5, 0.6) is 0 Å². The third kappa shape index (κ3) is 3.61. The Labute approximate surface area is 109 Å². The van der Waals surface area contributed by atoms with Gasteiger partial charge < -0.3 is 5.32 Å². The summed E-state index contributed by atoms with van der Waals surface area (Å²) in [5.74, 6) is 1.58. The number of carbonyl (C=O) groups is 1. The molecule has 0 radical (unpaired) electrons. The highest BCUT2D eigenvalue weighted by atomic mass is 35.5. The van der Waals surface area contributed by atoms with Gasteiger partial charge in [-0.15, -0.1) is 11.6 Å². The molecule has 0 heterocycles. The Morgan fingerprint density at radius 1 is 1.18 bits per heavy atom. The van der Waals surface area contributed by atoms with Crippen molar-refractivity contribution in [3.8, 4) is 0 Å². The molecule has 0 spiro atoms. The SMILES string of the molecule is O=C(CC1CCCC1)NCC1(CCl)CCCC1. The Balaban J connectivity index is 1.71. The molecule has 0 aromatic rings. The van der Waals surface area contributed by atoms with Gasteiger partial charge >= 0.3 is 0 Å². The normalized spacial score (nSPS) is 24.1. The minimum Gasteiger partial charge on any atom is -0.355 e. The molecule has 0 aromatic heterocycles. The molecule has 0 aromatic carbocycles. The number of hydrogen-bond acceptors (Lipinski definition) is 1. The first-order valence-corrected chi connectivity index (χ1v) is 7.60. The van der Waals surface area contributed by atoms with Crippen molar-refractivity contribution in [2.75, 3.05) is 12.4 Å². The van der Waals surface area contributed by atoms with Crippen molar-refractivity contribution in [1.29, 1.82) is 0 Å². The molecule has 17 heavy (non-hydrogen) atoms. The topological polar surface area (TPSA) is 29.1 Å². The summed E-state index contributed by atoms with van der Waals surface area (Å²) in [7, 11) is 0. The molecule has 2 saturated carbocycles. The van der Waals surface area contributed by atoms with Gasteiger partial charge in [0.2, 0.25) is 5.91 Å². The molecule has 2 aliphatic rings. The van der Waals surface area contributed by atoms with E-state index < -0.39 is 0 Å². The molecule has 98 valence electrons. The van der Waals surface area contributed by atoms with Crippen LogP contribution in [0.1, 0.15) is 57.8 Å². The van der Waals surface area contributed by atoms with Gasteiger partial charge in [-0.05, 0) is 31.6 Å². The average Bonchev–Trinajstić information content (AvgIpc) is 2.98. The van der Waals surface area contributed by atoms with Gasteiger partial charge in [-0.3, -0.25) is 4.79 Å². The number of halogens is 1. The Morgan fingerprint density at radius 3 is 2.41 bits per heavy atom. The zero-order valence-electron chi connectivity index (χ0n) is 10.6. The van der Waals surface area contributed by atoms with Crippen LogP contribution in [-0.4, -0.2) is 18.3 Å². The van der Waals surface area contributed by atoms with Crippen LogP contribution in [-0.2, 0) is 4.79 Å². The maximum Gasteiger partial charge on any atom is 0.220 e. The van der Waals surface area contributed by atoms with Crippen molar-refractivity contribution < 1.29 is 4.79 Å². The van der Waals surface area contributed by atoms with Crippen molar-refractivity contribution in [3.63, 3.8) is 0 Å². The fourth-order valence-corrected chi connectivity index (χ4v) is 3.68. The minimum absolute atomic E-state index is 0.201. The molecule has 0 aliphatic heterocycles. The van der Waals surface area contributed by atoms with Crippen LogP contribution in [0, 0.1) is 11.3 Å². The predicted molar refractivity (Wildman–Crippen MR) is 71.2 cm³/mol. The summed E-state index contributed by atoms with van der Waals surface area (Å²) in [5, 5.41) is 3.12. The van der Waals surface area contributed by atoms with Crippen LogP contribution in [0.3, 0.4) is 0 Å². The van der Waals surface area contributed by atoms with Crippen LogP contribution in [0.4, 0.5) is 0 Å². The summed E-state index contributed by atoms with van der Waals surface area (Å²) in [6.07, 6.45) is 10.7. The Morgan fingerprint density at radius 2 is 1.82 bits per heavy atom. The summed E-state index contributed by atoms with van der Waals surface area (Å²) in [6.45, 7) is 0.794. The number of carbonyl (C=O) groups excluding carboxylic acids is 1. The highest BCUT2D eigenvalue weighted by molar-refractivity contribution is 6.18. The smallest absolute Gasteiger partial charge is 0.220 e. The highest BCUT2D eigenvalue weighted by Gasteiger charge is 2.33. The second kappa shape index (κ2) is 6.08. The lowest BCUT2D eigenvalue weighted by atomic mass is 9.88. The van der Waals surface area contributed by atoms with E-state index in [0.29, 0.717) is 11.8 Å². The molecule has 1 amide bonds. The van der Waals surface area contributed by atoms with Gasteiger partial charge in [0.05, 0.1) is 0 Å². The number of amides is 1. The van der Waals surface area contributed by atoms with Crippen molar-refractivity contribution in [2.45, 2.75) is 57.8 Å². The zero-order chi connectivity index (χ0) is 12.1. The second-order valence-corrected chi connectivity index (χ2v) is 6.24. The summed E-state index contributed by atoms with van der Waals surface area (Å²) in [4.78, 5) is 11.9. The van der Waals surface area contributed by atoms with Gasteiger partial charge in [0.15, 0.2) is 0 Å². The summed E-state index contributed by atoms with van der Waals surface area (Å²) in [5.41, 5.74) is 0.201. The molecular formula is C14H24ClNO. The Bertz CT molecular complexity index is 255. The predicted octanol–water partition coefficient (Wildman–Crippen LogP) is 3.48. The van der Waals surface area contributed by atoms with E-state index in [1.165, 1.54) is 51.4 Å². The number of rotatable bonds is 5. The van der Waals surface area contributed by atoms with Crippen molar-refractivity contribution >= 4 is 17.5 Å². The lowest BCUT2D eigenvalue weighted by Crippen LogP contribution is -2.37. The third-order valence-corrected chi connectivity index (χ3v) is 5.12. The van der Waals surface area contributed by atoms with Gasteiger partial charge in [0.1, 0.15) is 0 Å². The first-order chi connectivity index (χ1) is 8.24. The van der Waals surface area contributed by atoms with E-state index in [2.05, 4.69) is 5.32 Å². The molecule has 0 unspecified atom stereocenters. The van der Waals surface area contributed by atoms with E-state index in [1.54, 1.807) is 0 Å². The highest BCUT2D eigenvalue weighted by Crippen LogP contribution is 2.38. The van der Waals surface area contributed by atoms with E-state index in [0.717, 1.165) is 13.0 Å². The molecule has 2 aliphatic carbocycles. The third-order valence-electron chi connectivity index (χ3n) is 4.56. The van der Waals surface area contributed by atoms with E-state index in [4.69, 9.17) is 11.6 Å². The summed E-state index contributed by atoms with van der Waals surface area (Å²) in [6, 6.07) is 0. The Hall–Kier alpha value is -0.240. The maximum atomic E-state index is 11.9. The average molecular weight is 258 g/mol. The minimum atomic E-state index is 0.201. The maximum absolute atomic E-state index is 11.9. The molecular weight excluding hydrogens is 234 g/mol. The standard InChI is InChI=1S/C14H24ClNO/c15-10-14(7-3-4-8-14)11-16-13(17)9-12-5-1-2-6-12/h12H,1-11H2,(H,16,17). The van der Waals surface area contributed by atoms with Gasteiger partial charge in [-0.1, -0.05) is 25.7 Å². The van der Waals surface area contributed by atoms with Crippen LogP contribution < -0.4 is 5.32 Å². The molecule has 0 bridgehead atoms. The first-order valence-electron chi connectivity index (χ1n) is 7.07. The van der Waals surface area contributed by atoms with E-state index in [-0.39, 0.29) is 11.3 Å². The first kappa shape index (κ1) is 13.2. The zero-order valence-corrected chi connectivity index (χ0v) is 11.4. The molecule has 0 saturated heterocycles. The van der Waals surface area contributed by atoms with E-state index in [1.807, 2.05) is 0 Å². The van der Waals surface area contributed by atoms with E-state index >= 15 is 0 Å². The monoisotopic (exact) mass is 257 g/mol. The molecule has 1 N–H and O–H groups in total. The molecule has 0 atom stereocenters. The van der Waals surface area contributed by atoms with Crippen molar-refractivity contribution in [3.05, 3.63) is 0 Å². The number of hydrogen-bond donors (Lipinski definition) is 1. The van der Waals surface area contributed by atoms with Gasteiger partial charge in [0, 0.05) is 24.3 Å². The molecule has 3 heteroatoms. The largest absolute Gasteiger partial charge is 0.355 e. The number of alkyl halides is 1. The van der Waals surface area contributed by atoms with Crippen LogP contribution in [0.2, 0.25) is 0 Å². The van der Waals surface area contributed by atoms with Crippen LogP contribution >= 0.6 is 11.6 Å². The van der Waals surface area contributed by atoms with Crippen LogP contribution in [0.25, 0.3) is 0 Å². The van der Waals surface area contributed by atoms with E-state index in [9.17, 15) is 4.79 Å². The number of nitrogens with one attached hydrogen (secondary N) is 1. The molecule has 2 fully saturated rings. The van der Waals surface area contributed by atoms with Crippen LogP contribution in [0.15, 0.2) is 0 Å². The molecule has 2 nitrogen and oxygen atoms in total.